The molecule has 1 aliphatic rings. The first-order valence-corrected chi connectivity index (χ1v) is 14.4. The lowest BCUT2D eigenvalue weighted by atomic mass is 9.78. The van der Waals surface area contributed by atoms with Gasteiger partial charge in [0.05, 0.1) is 6.61 Å². The van der Waals surface area contributed by atoms with E-state index >= 15 is 8.78 Å². The number of halogens is 4. The van der Waals surface area contributed by atoms with Crippen LogP contribution in [0.2, 0.25) is 0 Å². The Morgan fingerprint density at radius 3 is 2.02 bits per heavy atom. The number of aryl methyl sites for hydroxylation is 2. The third-order valence-corrected chi connectivity index (χ3v) is 7.81. The molecule has 3 aromatic rings. The monoisotopic (exact) mass is 550 g/mol. The predicted octanol–water partition coefficient (Wildman–Crippen LogP) is 10.3. The molecular formula is C35H38F4O. The number of ether oxygens (including phenoxy) is 1. The molecular weight excluding hydrogens is 512 g/mol. The number of benzene rings is 3. The molecule has 0 aliphatic heterocycles. The molecule has 0 amide bonds. The third kappa shape index (κ3) is 7.24. The lowest BCUT2D eigenvalue weighted by molar-refractivity contribution is 0.302. The summed E-state index contributed by atoms with van der Waals surface area (Å²) in [5.74, 6) is -4.55. The van der Waals surface area contributed by atoms with Crippen LogP contribution in [-0.2, 0) is 12.8 Å². The fraction of sp³-hybridized carbons (Fsp3) is 0.371. The van der Waals surface area contributed by atoms with Gasteiger partial charge >= 0.3 is 0 Å². The summed E-state index contributed by atoms with van der Waals surface area (Å²) in [5, 5.41) is 0. The topological polar surface area (TPSA) is 9.23 Å². The standard InChI is InChI=1S/C35H38F4O/c1-3-5-23-40-31-22-21-30(34(38)35(31)39)29-20-19-28(32(36)33(29)37)27-17-15-26(16-18-27)10-7-6-9-25-13-11-24(8-4-2)12-14-25/h3,7,10-14,19-22,26-27H,1,4-6,8-9,15-18,23H2,2H3. The maximum atomic E-state index is 15.2. The van der Waals surface area contributed by atoms with E-state index in [2.05, 4.69) is 49.9 Å². The minimum Gasteiger partial charge on any atom is -0.490 e. The van der Waals surface area contributed by atoms with Crippen LogP contribution in [0.5, 0.6) is 5.75 Å². The number of rotatable bonds is 12. The van der Waals surface area contributed by atoms with Gasteiger partial charge in [-0.05, 0) is 92.0 Å². The van der Waals surface area contributed by atoms with Crippen molar-refractivity contribution in [1.82, 2.24) is 0 Å². The molecule has 40 heavy (non-hydrogen) atoms. The van der Waals surface area contributed by atoms with Crippen LogP contribution in [0.4, 0.5) is 17.6 Å². The van der Waals surface area contributed by atoms with E-state index in [1.807, 2.05) is 0 Å². The molecule has 0 radical (unpaired) electrons. The van der Waals surface area contributed by atoms with Gasteiger partial charge in [-0.15, -0.1) is 6.58 Å². The summed E-state index contributed by atoms with van der Waals surface area (Å²) in [6, 6.07) is 14.2. The van der Waals surface area contributed by atoms with Gasteiger partial charge in [0.25, 0.3) is 0 Å². The molecule has 0 N–H and O–H groups in total. The molecule has 1 saturated carbocycles. The minimum atomic E-state index is -1.26. The van der Waals surface area contributed by atoms with E-state index in [9.17, 15) is 8.78 Å². The van der Waals surface area contributed by atoms with E-state index < -0.39 is 23.3 Å². The van der Waals surface area contributed by atoms with Crippen LogP contribution >= 0.6 is 0 Å². The molecule has 1 nitrogen and oxygen atoms in total. The van der Waals surface area contributed by atoms with E-state index in [0.29, 0.717) is 17.9 Å². The molecule has 1 aliphatic carbocycles. The lowest BCUT2D eigenvalue weighted by Gasteiger charge is -2.27. The van der Waals surface area contributed by atoms with Crippen molar-refractivity contribution >= 4 is 0 Å². The van der Waals surface area contributed by atoms with Crippen LogP contribution in [0.3, 0.4) is 0 Å². The highest BCUT2D eigenvalue weighted by Crippen LogP contribution is 2.40. The normalized spacial score (nSPS) is 17.3. The van der Waals surface area contributed by atoms with Gasteiger partial charge in [-0.1, -0.05) is 68.0 Å². The lowest BCUT2D eigenvalue weighted by Crippen LogP contribution is -2.14. The minimum absolute atomic E-state index is 0.0999. The first kappa shape index (κ1) is 29.6. The smallest absolute Gasteiger partial charge is 0.201 e. The van der Waals surface area contributed by atoms with E-state index in [1.54, 1.807) is 6.08 Å². The number of hydrogen-bond donors (Lipinski definition) is 0. The summed E-state index contributed by atoms with van der Waals surface area (Å²) in [6.07, 6.45) is 14.1. The van der Waals surface area contributed by atoms with Gasteiger partial charge < -0.3 is 4.74 Å². The zero-order valence-electron chi connectivity index (χ0n) is 23.2. The summed E-state index contributed by atoms with van der Waals surface area (Å²) in [5.41, 5.74) is 2.39. The average Bonchev–Trinajstić information content (AvgIpc) is 2.97. The van der Waals surface area contributed by atoms with Gasteiger partial charge in [0.2, 0.25) is 5.82 Å². The summed E-state index contributed by atoms with van der Waals surface area (Å²) in [4.78, 5) is 0. The molecule has 0 bridgehead atoms. The van der Waals surface area contributed by atoms with Crippen LogP contribution in [-0.4, -0.2) is 6.61 Å². The van der Waals surface area contributed by atoms with Crippen molar-refractivity contribution in [3.05, 3.63) is 113 Å². The Hall–Kier alpha value is -3.34. The third-order valence-electron chi connectivity index (χ3n) is 7.81. The summed E-state index contributed by atoms with van der Waals surface area (Å²) in [6.45, 7) is 5.88. The molecule has 0 atom stereocenters. The predicted molar refractivity (Wildman–Crippen MR) is 155 cm³/mol. The molecule has 5 heteroatoms. The van der Waals surface area contributed by atoms with E-state index in [-0.39, 0.29) is 29.4 Å². The Bertz CT molecular complexity index is 1300. The van der Waals surface area contributed by atoms with Crippen molar-refractivity contribution in [3.8, 4) is 16.9 Å². The van der Waals surface area contributed by atoms with Crippen LogP contribution in [0.1, 0.15) is 74.5 Å². The zero-order chi connectivity index (χ0) is 28.5. The Balaban J connectivity index is 1.34. The van der Waals surface area contributed by atoms with E-state index in [1.165, 1.54) is 35.4 Å². The number of allylic oxidation sites excluding steroid dienone is 2. The maximum absolute atomic E-state index is 15.2. The maximum Gasteiger partial charge on any atom is 0.201 e. The molecule has 212 valence electrons. The quantitative estimate of drug-likeness (QED) is 0.124. The number of hydrogen-bond acceptors (Lipinski definition) is 1. The van der Waals surface area contributed by atoms with Crippen molar-refractivity contribution in [1.29, 1.82) is 0 Å². The fourth-order valence-corrected chi connectivity index (χ4v) is 5.51. The second kappa shape index (κ2) is 14.3. The summed E-state index contributed by atoms with van der Waals surface area (Å²) >= 11 is 0. The van der Waals surface area contributed by atoms with Gasteiger partial charge in [-0.2, -0.15) is 4.39 Å². The molecule has 3 aromatic carbocycles. The first-order chi connectivity index (χ1) is 19.4. The van der Waals surface area contributed by atoms with Gasteiger partial charge in [0, 0.05) is 11.1 Å². The average molecular weight is 551 g/mol. The highest BCUT2D eigenvalue weighted by Gasteiger charge is 2.27. The Morgan fingerprint density at radius 2 is 1.38 bits per heavy atom. The van der Waals surface area contributed by atoms with Gasteiger partial charge in [-0.3, -0.25) is 0 Å². The Morgan fingerprint density at radius 1 is 0.750 bits per heavy atom. The van der Waals surface area contributed by atoms with Crippen molar-refractivity contribution < 1.29 is 22.3 Å². The molecule has 0 saturated heterocycles. The Kier molecular flexibility index (Phi) is 10.6. The van der Waals surface area contributed by atoms with Crippen molar-refractivity contribution in [2.24, 2.45) is 5.92 Å². The summed E-state index contributed by atoms with van der Waals surface area (Å²) < 4.78 is 64.8. The van der Waals surface area contributed by atoms with Crippen molar-refractivity contribution in [3.63, 3.8) is 0 Å². The van der Waals surface area contributed by atoms with Gasteiger partial charge in [0.1, 0.15) is 0 Å². The van der Waals surface area contributed by atoms with E-state index in [4.69, 9.17) is 4.74 Å². The summed E-state index contributed by atoms with van der Waals surface area (Å²) in [7, 11) is 0. The van der Waals surface area contributed by atoms with Gasteiger partial charge in [-0.25, -0.2) is 13.2 Å². The van der Waals surface area contributed by atoms with E-state index in [0.717, 1.165) is 51.4 Å². The molecule has 1 fully saturated rings. The van der Waals surface area contributed by atoms with Gasteiger partial charge in [0.15, 0.2) is 23.2 Å². The molecule has 4 rings (SSSR count). The molecule has 0 aromatic heterocycles. The molecule has 0 unspecified atom stereocenters. The highest BCUT2D eigenvalue weighted by molar-refractivity contribution is 5.66. The van der Waals surface area contributed by atoms with Crippen LogP contribution in [0, 0.1) is 29.2 Å². The Labute approximate surface area is 235 Å². The van der Waals surface area contributed by atoms with Crippen LogP contribution in [0.25, 0.3) is 11.1 Å². The van der Waals surface area contributed by atoms with Crippen molar-refractivity contribution in [2.75, 3.05) is 6.61 Å². The first-order valence-electron chi connectivity index (χ1n) is 14.4. The fourth-order valence-electron chi connectivity index (χ4n) is 5.51. The van der Waals surface area contributed by atoms with Crippen molar-refractivity contribution in [2.45, 2.75) is 70.6 Å². The molecule has 0 spiro atoms. The zero-order valence-corrected chi connectivity index (χ0v) is 23.2. The largest absolute Gasteiger partial charge is 0.490 e. The second-order valence-corrected chi connectivity index (χ2v) is 10.6. The second-order valence-electron chi connectivity index (χ2n) is 10.6. The molecule has 0 heterocycles. The van der Waals surface area contributed by atoms with Crippen LogP contribution in [0.15, 0.2) is 73.3 Å². The highest BCUT2D eigenvalue weighted by atomic mass is 19.2. The van der Waals surface area contributed by atoms with Crippen LogP contribution < -0.4 is 4.74 Å². The SMILES string of the molecule is C=CCCOc1ccc(-c2ccc(C3CCC(C=CCCc4ccc(CCC)cc4)CC3)c(F)c2F)c(F)c1F.